The maximum Gasteiger partial charge on any atom is 0.0934 e. The van der Waals surface area contributed by atoms with Gasteiger partial charge in [-0.15, -0.1) is 0 Å². The summed E-state index contributed by atoms with van der Waals surface area (Å²) in [5.41, 5.74) is 1.66. The van der Waals surface area contributed by atoms with Crippen LogP contribution in [0.25, 0.3) is 0 Å². The standard InChI is InChI=1S/C10H10ClNO/c1-7-2-3-8(9(11)6-7)10(13)4-5-12/h2-3,6,10,13H,4H2,1H3. The Morgan fingerprint density at radius 3 is 2.85 bits per heavy atom. The number of nitriles is 1. The monoisotopic (exact) mass is 195 g/mol. The summed E-state index contributed by atoms with van der Waals surface area (Å²) in [5.74, 6) is 0. The summed E-state index contributed by atoms with van der Waals surface area (Å²) in [6, 6.07) is 7.29. The van der Waals surface area contributed by atoms with Crippen molar-refractivity contribution in [1.29, 1.82) is 5.26 Å². The molecule has 0 saturated heterocycles. The summed E-state index contributed by atoms with van der Waals surface area (Å²) in [4.78, 5) is 0. The van der Waals surface area contributed by atoms with Gasteiger partial charge in [-0.3, -0.25) is 0 Å². The van der Waals surface area contributed by atoms with Gasteiger partial charge in [-0.25, -0.2) is 0 Å². The second kappa shape index (κ2) is 4.27. The van der Waals surface area contributed by atoms with E-state index in [0.717, 1.165) is 5.56 Å². The molecule has 0 saturated carbocycles. The molecule has 0 aromatic heterocycles. The molecule has 1 rings (SSSR count). The molecule has 0 heterocycles. The number of hydrogen-bond donors (Lipinski definition) is 1. The van der Waals surface area contributed by atoms with Gasteiger partial charge in [0.15, 0.2) is 0 Å². The Morgan fingerprint density at radius 2 is 2.31 bits per heavy atom. The fourth-order valence-corrected chi connectivity index (χ4v) is 1.46. The minimum atomic E-state index is -0.780. The molecule has 1 aromatic rings. The Morgan fingerprint density at radius 1 is 1.62 bits per heavy atom. The summed E-state index contributed by atoms with van der Waals surface area (Å²) in [7, 11) is 0. The van der Waals surface area contributed by atoms with Crippen molar-refractivity contribution in [3.05, 3.63) is 34.3 Å². The van der Waals surface area contributed by atoms with Gasteiger partial charge < -0.3 is 5.11 Å². The van der Waals surface area contributed by atoms with E-state index >= 15 is 0 Å². The van der Waals surface area contributed by atoms with Crippen LogP contribution >= 0.6 is 11.6 Å². The molecule has 13 heavy (non-hydrogen) atoms. The highest BCUT2D eigenvalue weighted by molar-refractivity contribution is 6.31. The van der Waals surface area contributed by atoms with E-state index in [1.54, 1.807) is 12.1 Å². The summed E-state index contributed by atoms with van der Waals surface area (Å²) < 4.78 is 0. The van der Waals surface area contributed by atoms with Crippen LogP contribution in [0.15, 0.2) is 18.2 Å². The second-order valence-corrected chi connectivity index (χ2v) is 3.31. The highest BCUT2D eigenvalue weighted by Gasteiger charge is 2.10. The van der Waals surface area contributed by atoms with E-state index in [-0.39, 0.29) is 6.42 Å². The number of aliphatic hydroxyl groups is 1. The van der Waals surface area contributed by atoms with Gasteiger partial charge in [0.05, 0.1) is 18.6 Å². The molecular weight excluding hydrogens is 186 g/mol. The third kappa shape index (κ3) is 2.45. The Labute approximate surface area is 82.4 Å². The fourth-order valence-electron chi connectivity index (χ4n) is 1.10. The number of benzene rings is 1. The third-order valence-electron chi connectivity index (χ3n) is 1.80. The summed E-state index contributed by atoms with van der Waals surface area (Å²) in [6.07, 6.45) is -0.707. The van der Waals surface area contributed by atoms with Gasteiger partial charge in [-0.05, 0) is 18.6 Å². The van der Waals surface area contributed by atoms with Crippen LogP contribution in [-0.2, 0) is 0 Å². The maximum absolute atomic E-state index is 9.49. The van der Waals surface area contributed by atoms with Crippen molar-refractivity contribution in [2.24, 2.45) is 0 Å². The predicted molar refractivity (Wildman–Crippen MR) is 51.4 cm³/mol. The van der Waals surface area contributed by atoms with Crippen molar-refractivity contribution in [3.63, 3.8) is 0 Å². The van der Waals surface area contributed by atoms with Crippen molar-refractivity contribution in [2.75, 3.05) is 0 Å². The molecule has 0 bridgehead atoms. The average Bonchev–Trinajstić information content (AvgIpc) is 2.04. The lowest BCUT2D eigenvalue weighted by Crippen LogP contribution is -1.96. The number of aryl methyl sites for hydroxylation is 1. The maximum atomic E-state index is 9.49. The van der Waals surface area contributed by atoms with Crippen LogP contribution in [-0.4, -0.2) is 5.11 Å². The first kappa shape index (κ1) is 10.0. The van der Waals surface area contributed by atoms with E-state index in [0.29, 0.717) is 10.6 Å². The van der Waals surface area contributed by atoms with Crippen molar-refractivity contribution < 1.29 is 5.11 Å². The highest BCUT2D eigenvalue weighted by atomic mass is 35.5. The SMILES string of the molecule is Cc1ccc(C(O)CC#N)c(Cl)c1. The van der Waals surface area contributed by atoms with Gasteiger partial charge in [0.1, 0.15) is 0 Å². The van der Waals surface area contributed by atoms with Gasteiger partial charge >= 0.3 is 0 Å². The second-order valence-electron chi connectivity index (χ2n) is 2.90. The first-order valence-corrected chi connectivity index (χ1v) is 4.34. The molecule has 1 unspecified atom stereocenters. The Bertz CT molecular complexity index is 343. The first-order valence-electron chi connectivity index (χ1n) is 3.96. The molecule has 3 heteroatoms. The topological polar surface area (TPSA) is 44.0 Å². The Hall–Kier alpha value is -1.04. The molecule has 0 radical (unpaired) electrons. The van der Waals surface area contributed by atoms with Crippen LogP contribution in [0.1, 0.15) is 23.7 Å². The van der Waals surface area contributed by atoms with Crippen LogP contribution in [0, 0.1) is 18.3 Å². The lowest BCUT2D eigenvalue weighted by Gasteiger charge is -2.09. The zero-order chi connectivity index (χ0) is 9.84. The molecular formula is C10H10ClNO. The Balaban J connectivity index is 2.96. The molecule has 1 atom stereocenters. The number of rotatable bonds is 2. The number of hydrogen-bond acceptors (Lipinski definition) is 2. The van der Waals surface area contributed by atoms with Crippen LogP contribution in [0.4, 0.5) is 0 Å². The third-order valence-corrected chi connectivity index (χ3v) is 2.13. The smallest absolute Gasteiger partial charge is 0.0934 e. The fraction of sp³-hybridized carbons (Fsp3) is 0.300. The predicted octanol–water partition coefficient (Wildman–Crippen LogP) is 2.60. The van der Waals surface area contributed by atoms with E-state index < -0.39 is 6.10 Å². The number of nitrogens with zero attached hydrogens (tertiary/aromatic N) is 1. The lowest BCUT2D eigenvalue weighted by atomic mass is 10.1. The minimum absolute atomic E-state index is 0.0722. The Kier molecular flexibility index (Phi) is 3.30. The number of halogens is 1. The van der Waals surface area contributed by atoms with Gasteiger partial charge in [0, 0.05) is 10.6 Å². The van der Waals surface area contributed by atoms with Gasteiger partial charge in [-0.2, -0.15) is 5.26 Å². The van der Waals surface area contributed by atoms with Gasteiger partial charge in [0.2, 0.25) is 0 Å². The number of aliphatic hydroxyl groups excluding tert-OH is 1. The molecule has 0 aliphatic heterocycles. The van der Waals surface area contributed by atoms with Crippen molar-refractivity contribution in [1.82, 2.24) is 0 Å². The van der Waals surface area contributed by atoms with E-state index in [1.165, 1.54) is 0 Å². The van der Waals surface area contributed by atoms with Crippen LogP contribution in [0.2, 0.25) is 5.02 Å². The van der Waals surface area contributed by atoms with Gasteiger partial charge in [0.25, 0.3) is 0 Å². The molecule has 68 valence electrons. The van der Waals surface area contributed by atoms with E-state index in [1.807, 2.05) is 19.1 Å². The van der Waals surface area contributed by atoms with E-state index in [4.69, 9.17) is 16.9 Å². The molecule has 2 nitrogen and oxygen atoms in total. The van der Waals surface area contributed by atoms with E-state index in [2.05, 4.69) is 0 Å². The normalized spacial score (nSPS) is 12.2. The summed E-state index contributed by atoms with van der Waals surface area (Å²) >= 11 is 5.89. The highest BCUT2D eigenvalue weighted by Crippen LogP contribution is 2.25. The molecule has 0 fully saturated rings. The van der Waals surface area contributed by atoms with Gasteiger partial charge in [-0.1, -0.05) is 23.7 Å². The molecule has 0 aliphatic carbocycles. The molecule has 1 aromatic carbocycles. The zero-order valence-corrected chi connectivity index (χ0v) is 8.04. The largest absolute Gasteiger partial charge is 0.387 e. The van der Waals surface area contributed by atoms with E-state index in [9.17, 15) is 5.11 Å². The molecule has 0 aliphatic rings. The summed E-state index contributed by atoms with van der Waals surface area (Å²) in [5, 5.41) is 18.4. The molecule has 0 spiro atoms. The summed E-state index contributed by atoms with van der Waals surface area (Å²) in [6.45, 7) is 1.92. The van der Waals surface area contributed by atoms with Crippen LogP contribution in [0.5, 0.6) is 0 Å². The first-order chi connectivity index (χ1) is 6.15. The molecule has 0 amide bonds. The van der Waals surface area contributed by atoms with Crippen LogP contribution in [0.3, 0.4) is 0 Å². The quantitative estimate of drug-likeness (QED) is 0.789. The average molecular weight is 196 g/mol. The van der Waals surface area contributed by atoms with Crippen molar-refractivity contribution in [2.45, 2.75) is 19.4 Å². The molecule has 1 N–H and O–H groups in total. The minimum Gasteiger partial charge on any atom is -0.387 e. The van der Waals surface area contributed by atoms with Crippen LogP contribution < -0.4 is 0 Å². The lowest BCUT2D eigenvalue weighted by molar-refractivity contribution is 0.183. The van der Waals surface area contributed by atoms with Crippen molar-refractivity contribution >= 4 is 11.6 Å². The zero-order valence-electron chi connectivity index (χ0n) is 7.29. The van der Waals surface area contributed by atoms with Crippen molar-refractivity contribution in [3.8, 4) is 6.07 Å².